The maximum atomic E-state index is 6.14. The van der Waals surface area contributed by atoms with Crippen LogP contribution in [-0.4, -0.2) is 26.7 Å². The smallest absolute Gasteiger partial charge is 0.176 e. The van der Waals surface area contributed by atoms with Crippen molar-refractivity contribution in [2.75, 3.05) is 0 Å². The Morgan fingerprint density at radius 1 is 1.50 bits per heavy atom. The molecule has 3 N–H and O–H groups in total. The lowest BCUT2D eigenvalue weighted by Gasteiger charge is -2.18. The number of rotatable bonds is 7. The van der Waals surface area contributed by atoms with Crippen molar-refractivity contribution in [1.82, 2.24) is 20.6 Å². The predicted octanol–water partition coefficient (Wildman–Crippen LogP) is 1.43. The molecule has 5 nitrogen and oxygen atoms in total. The molecule has 1 aromatic rings. The quantitative estimate of drug-likeness (QED) is 0.732. The minimum atomic E-state index is 0.178. The van der Waals surface area contributed by atoms with Gasteiger partial charge in [-0.2, -0.15) is 5.21 Å². The van der Waals surface area contributed by atoms with E-state index in [1.807, 2.05) is 0 Å². The van der Waals surface area contributed by atoms with Gasteiger partial charge in [-0.1, -0.05) is 25.0 Å². The van der Waals surface area contributed by atoms with Gasteiger partial charge in [-0.25, -0.2) is 0 Å². The molecule has 16 heavy (non-hydrogen) atoms. The summed E-state index contributed by atoms with van der Waals surface area (Å²) in [7, 11) is 0. The highest BCUT2D eigenvalue weighted by molar-refractivity contribution is 4.97. The van der Waals surface area contributed by atoms with E-state index >= 15 is 0 Å². The van der Waals surface area contributed by atoms with E-state index in [9.17, 15) is 0 Å². The van der Waals surface area contributed by atoms with Gasteiger partial charge in [0.15, 0.2) is 5.82 Å². The molecule has 2 rings (SSSR count). The Morgan fingerprint density at radius 3 is 2.88 bits per heavy atom. The number of nitrogens with one attached hydrogen (secondary N) is 1. The molecule has 1 atom stereocenters. The Hall–Kier alpha value is -0.970. The highest BCUT2D eigenvalue weighted by Crippen LogP contribution is 2.53. The Kier molecular flexibility index (Phi) is 3.53. The summed E-state index contributed by atoms with van der Waals surface area (Å²) < 4.78 is 0. The monoisotopic (exact) mass is 223 g/mol. The van der Waals surface area contributed by atoms with Crippen molar-refractivity contribution in [3.63, 3.8) is 0 Å². The number of H-pyrrole nitrogens is 1. The third-order valence-electron chi connectivity index (χ3n) is 3.55. The Bertz CT molecular complexity index is 304. The van der Waals surface area contributed by atoms with Gasteiger partial charge in [0.2, 0.25) is 0 Å². The van der Waals surface area contributed by atoms with Gasteiger partial charge in [0.05, 0.1) is 0 Å². The van der Waals surface area contributed by atoms with E-state index in [1.165, 1.54) is 32.1 Å². The van der Waals surface area contributed by atoms with Crippen LogP contribution in [0.5, 0.6) is 0 Å². The highest BCUT2D eigenvalue weighted by atomic mass is 15.5. The van der Waals surface area contributed by atoms with Gasteiger partial charge < -0.3 is 5.73 Å². The van der Waals surface area contributed by atoms with Crippen LogP contribution in [0.4, 0.5) is 0 Å². The third kappa shape index (κ3) is 3.01. The zero-order valence-corrected chi connectivity index (χ0v) is 9.95. The Labute approximate surface area is 96.2 Å². The van der Waals surface area contributed by atoms with Crippen LogP contribution in [0.1, 0.15) is 51.3 Å². The fourth-order valence-electron chi connectivity index (χ4n) is 2.42. The lowest BCUT2D eigenvalue weighted by atomic mass is 9.90. The normalized spacial score (nSPS) is 19.6. The van der Waals surface area contributed by atoms with E-state index in [4.69, 9.17) is 5.73 Å². The summed E-state index contributed by atoms with van der Waals surface area (Å²) >= 11 is 0. The van der Waals surface area contributed by atoms with Crippen LogP contribution >= 0.6 is 0 Å². The van der Waals surface area contributed by atoms with Crippen LogP contribution in [0.25, 0.3) is 0 Å². The van der Waals surface area contributed by atoms with Crippen molar-refractivity contribution in [3.05, 3.63) is 5.82 Å². The molecule has 0 radical (unpaired) electrons. The van der Waals surface area contributed by atoms with E-state index in [1.54, 1.807) is 0 Å². The highest BCUT2D eigenvalue weighted by Gasteiger charge is 2.42. The zero-order valence-electron chi connectivity index (χ0n) is 9.95. The second-order valence-corrected chi connectivity index (χ2v) is 5.10. The Balaban J connectivity index is 1.76. The first-order chi connectivity index (χ1) is 7.74. The molecule has 0 aromatic carbocycles. The Morgan fingerprint density at radius 2 is 2.31 bits per heavy atom. The number of hydrogen-bond donors (Lipinski definition) is 2. The van der Waals surface area contributed by atoms with Crippen molar-refractivity contribution in [3.8, 4) is 0 Å². The minimum absolute atomic E-state index is 0.178. The molecule has 1 heterocycles. The van der Waals surface area contributed by atoms with Crippen molar-refractivity contribution in [2.45, 2.75) is 57.9 Å². The molecule has 1 fully saturated rings. The fraction of sp³-hybridized carbons (Fsp3) is 0.909. The standard InChI is InChI=1S/C11H21N5/c1-2-3-4-11(5-6-11)8-9(12)7-10-13-15-16-14-10/h9H,2-8,12H2,1H3,(H,13,14,15,16). The molecule has 0 bridgehead atoms. The first-order valence-corrected chi connectivity index (χ1v) is 6.22. The largest absolute Gasteiger partial charge is 0.327 e. The summed E-state index contributed by atoms with van der Waals surface area (Å²) in [4.78, 5) is 0. The molecule has 5 heteroatoms. The summed E-state index contributed by atoms with van der Waals surface area (Å²) in [5.41, 5.74) is 6.70. The molecule has 0 spiro atoms. The molecule has 90 valence electrons. The van der Waals surface area contributed by atoms with Crippen molar-refractivity contribution in [1.29, 1.82) is 0 Å². The maximum Gasteiger partial charge on any atom is 0.176 e. The number of nitrogens with zero attached hydrogens (tertiary/aromatic N) is 3. The van der Waals surface area contributed by atoms with E-state index in [0.29, 0.717) is 5.41 Å². The molecule has 1 aliphatic carbocycles. The maximum absolute atomic E-state index is 6.14. The van der Waals surface area contributed by atoms with E-state index in [2.05, 4.69) is 27.5 Å². The predicted molar refractivity (Wildman–Crippen MR) is 61.7 cm³/mol. The summed E-state index contributed by atoms with van der Waals surface area (Å²) in [5.74, 6) is 0.735. The van der Waals surface area contributed by atoms with Gasteiger partial charge >= 0.3 is 0 Å². The molecule has 0 saturated heterocycles. The topological polar surface area (TPSA) is 80.5 Å². The molecular weight excluding hydrogens is 202 g/mol. The van der Waals surface area contributed by atoms with Crippen LogP contribution in [0.15, 0.2) is 0 Å². The van der Waals surface area contributed by atoms with Crippen LogP contribution in [0.2, 0.25) is 0 Å². The van der Waals surface area contributed by atoms with Crippen molar-refractivity contribution < 1.29 is 0 Å². The average Bonchev–Trinajstić information content (AvgIpc) is 2.81. The van der Waals surface area contributed by atoms with E-state index < -0.39 is 0 Å². The third-order valence-corrected chi connectivity index (χ3v) is 3.55. The first kappa shape index (κ1) is 11.5. The fourth-order valence-corrected chi connectivity index (χ4v) is 2.42. The van der Waals surface area contributed by atoms with Crippen molar-refractivity contribution >= 4 is 0 Å². The van der Waals surface area contributed by atoms with Gasteiger partial charge in [0.1, 0.15) is 0 Å². The molecule has 0 aliphatic heterocycles. The van der Waals surface area contributed by atoms with Gasteiger partial charge in [-0.15, -0.1) is 10.2 Å². The van der Waals surface area contributed by atoms with Crippen LogP contribution in [-0.2, 0) is 6.42 Å². The first-order valence-electron chi connectivity index (χ1n) is 6.22. The summed E-state index contributed by atoms with van der Waals surface area (Å²) in [6, 6.07) is 0.178. The molecule has 1 aromatic heterocycles. The number of unbranched alkanes of at least 4 members (excludes halogenated alkanes) is 1. The van der Waals surface area contributed by atoms with Gasteiger partial charge in [-0.05, 0) is 31.1 Å². The molecule has 1 saturated carbocycles. The van der Waals surface area contributed by atoms with E-state index in [0.717, 1.165) is 18.7 Å². The number of aromatic nitrogens is 4. The number of nitrogens with two attached hydrogens (primary N) is 1. The molecule has 1 unspecified atom stereocenters. The van der Waals surface area contributed by atoms with E-state index in [-0.39, 0.29) is 6.04 Å². The second-order valence-electron chi connectivity index (χ2n) is 5.10. The lowest BCUT2D eigenvalue weighted by Crippen LogP contribution is -2.27. The number of aromatic amines is 1. The van der Waals surface area contributed by atoms with Gasteiger partial charge in [-0.3, -0.25) is 0 Å². The van der Waals surface area contributed by atoms with Crippen LogP contribution < -0.4 is 5.73 Å². The van der Waals surface area contributed by atoms with Crippen LogP contribution in [0.3, 0.4) is 0 Å². The SMILES string of the molecule is CCCCC1(CC(N)Cc2nn[nH]n2)CC1. The zero-order chi connectivity index (χ0) is 11.4. The lowest BCUT2D eigenvalue weighted by molar-refractivity contribution is 0.370. The summed E-state index contributed by atoms with van der Waals surface area (Å²) in [5, 5.41) is 13.9. The summed E-state index contributed by atoms with van der Waals surface area (Å²) in [6.45, 7) is 2.25. The van der Waals surface area contributed by atoms with Gasteiger partial charge in [0, 0.05) is 12.5 Å². The molecule has 0 amide bonds. The number of tetrazole rings is 1. The van der Waals surface area contributed by atoms with Crippen molar-refractivity contribution in [2.24, 2.45) is 11.1 Å². The second kappa shape index (κ2) is 4.91. The molecule has 1 aliphatic rings. The molecular formula is C11H21N5. The summed E-state index contributed by atoms with van der Waals surface area (Å²) in [6.07, 6.45) is 8.51. The number of hydrogen-bond acceptors (Lipinski definition) is 4. The minimum Gasteiger partial charge on any atom is -0.327 e. The van der Waals surface area contributed by atoms with Gasteiger partial charge in [0.25, 0.3) is 0 Å². The average molecular weight is 223 g/mol. The van der Waals surface area contributed by atoms with Crippen LogP contribution in [0, 0.1) is 5.41 Å².